The highest BCUT2D eigenvalue weighted by molar-refractivity contribution is 4.99. The van der Waals surface area contributed by atoms with Crippen LogP contribution in [0.25, 0.3) is 0 Å². The maximum Gasteiger partial charge on any atom is 0.243 e. The number of hydrogen-bond donors (Lipinski definition) is 1. The number of aromatic nitrogens is 4. The number of rotatable bonds is 8. The summed E-state index contributed by atoms with van der Waals surface area (Å²) in [6.45, 7) is 7.87. The lowest BCUT2D eigenvalue weighted by Gasteiger charge is -2.09. The third kappa shape index (κ3) is 4.16. The summed E-state index contributed by atoms with van der Waals surface area (Å²) in [5, 5.41) is 11.6. The van der Waals surface area contributed by atoms with Crippen molar-refractivity contribution in [3.05, 3.63) is 29.7 Å². The van der Waals surface area contributed by atoms with Gasteiger partial charge in [-0.15, -0.1) is 0 Å². The Kier molecular flexibility index (Phi) is 5.29. The van der Waals surface area contributed by atoms with Crippen molar-refractivity contribution >= 4 is 0 Å². The Morgan fingerprint density at radius 2 is 2.30 bits per heavy atom. The van der Waals surface area contributed by atoms with Crippen LogP contribution in [0.3, 0.4) is 0 Å². The summed E-state index contributed by atoms with van der Waals surface area (Å²) in [4.78, 5) is 4.41. The molecule has 0 fully saturated rings. The lowest BCUT2D eigenvalue weighted by molar-refractivity contribution is 0.333. The highest BCUT2D eigenvalue weighted by atomic mass is 16.5. The lowest BCUT2D eigenvalue weighted by atomic mass is 10.2. The third-order valence-corrected chi connectivity index (χ3v) is 3.16. The van der Waals surface area contributed by atoms with Gasteiger partial charge in [-0.2, -0.15) is 10.1 Å². The van der Waals surface area contributed by atoms with Gasteiger partial charge in [0.1, 0.15) is 0 Å². The molecule has 2 aromatic heterocycles. The van der Waals surface area contributed by atoms with Gasteiger partial charge in [0, 0.05) is 19.2 Å². The van der Waals surface area contributed by atoms with Crippen LogP contribution in [0.15, 0.2) is 16.9 Å². The minimum Gasteiger partial charge on any atom is -0.338 e. The smallest absolute Gasteiger partial charge is 0.243 e. The second kappa shape index (κ2) is 7.19. The Morgan fingerprint density at radius 3 is 3.00 bits per heavy atom. The Bertz CT molecular complexity index is 519. The summed E-state index contributed by atoms with van der Waals surface area (Å²) in [6, 6.07) is 0.0644. The van der Waals surface area contributed by atoms with Gasteiger partial charge < -0.3 is 9.84 Å². The predicted octanol–water partition coefficient (Wildman–Crippen LogP) is 2.27. The van der Waals surface area contributed by atoms with E-state index < -0.39 is 0 Å². The highest BCUT2D eigenvalue weighted by Gasteiger charge is 2.13. The van der Waals surface area contributed by atoms with Gasteiger partial charge in [-0.05, 0) is 25.8 Å². The lowest BCUT2D eigenvalue weighted by Crippen LogP contribution is -2.23. The van der Waals surface area contributed by atoms with Crippen molar-refractivity contribution in [2.45, 2.75) is 52.6 Å². The minimum atomic E-state index is 0.0644. The van der Waals surface area contributed by atoms with Crippen LogP contribution in [0.4, 0.5) is 0 Å². The normalized spacial score (nSPS) is 12.8. The number of unbranched alkanes of at least 4 members (excludes halogenated alkanes) is 1. The average Bonchev–Trinajstić information content (AvgIpc) is 3.05. The predicted molar refractivity (Wildman–Crippen MR) is 76.3 cm³/mol. The zero-order valence-corrected chi connectivity index (χ0v) is 12.5. The molecule has 0 saturated heterocycles. The van der Waals surface area contributed by atoms with Gasteiger partial charge in [0.25, 0.3) is 0 Å². The molecule has 6 nitrogen and oxygen atoms in total. The molecule has 0 aliphatic heterocycles. The molecule has 110 valence electrons. The Morgan fingerprint density at radius 1 is 1.45 bits per heavy atom. The van der Waals surface area contributed by atoms with Crippen LogP contribution in [0.5, 0.6) is 0 Å². The third-order valence-electron chi connectivity index (χ3n) is 3.16. The Hall–Kier alpha value is -1.69. The summed E-state index contributed by atoms with van der Waals surface area (Å²) >= 11 is 0. The van der Waals surface area contributed by atoms with Gasteiger partial charge in [-0.1, -0.05) is 18.5 Å². The van der Waals surface area contributed by atoms with Gasteiger partial charge in [0.05, 0.1) is 18.8 Å². The van der Waals surface area contributed by atoms with Crippen LogP contribution in [-0.4, -0.2) is 26.5 Å². The maximum absolute atomic E-state index is 5.28. The van der Waals surface area contributed by atoms with Gasteiger partial charge >= 0.3 is 0 Å². The first kappa shape index (κ1) is 14.7. The molecule has 1 atom stereocenters. The van der Waals surface area contributed by atoms with Crippen molar-refractivity contribution in [1.29, 1.82) is 0 Å². The van der Waals surface area contributed by atoms with Crippen molar-refractivity contribution < 1.29 is 4.52 Å². The molecule has 0 aliphatic carbocycles. The number of aryl methyl sites for hydroxylation is 2. The van der Waals surface area contributed by atoms with E-state index in [9.17, 15) is 0 Å². The van der Waals surface area contributed by atoms with Gasteiger partial charge in [0.2, 0.25) is 5.89 Å². The van der Waals surface area contributed by atoms with E-state index in [-0.39, 0.29) is 6.04 Å². The van der Waals surface area contributed by atoms with Gasteiger partial charge in [-0.25, -0.2) is 0 Å². The molecule has 6 heteroatoms. The van der Waals surface area contributed by atoms with E-state index in [0.29, 0.717) is 5.89 Å². The average molecular weight is 277 g/mol. The van der Waals surface area contributed by atoms with Crippen molar-refractivity contribution in [2.75, 3.05) is 6.54 Å². The number of nitrogens with one attached hydrogen (secondary N) is 1. The Balaban J connectivity index is 1.76. The molecular weight excluding hydrogens is 254 g/mol. The van der Waals surface area contributed by atoms with E-state index in [1.807, 2.05) is 30.9 Å². The maximum atomic E-state index is 5.28. The van der Waals surface area contributed by atoms with Crippen LogP contribution < -0.4 is 5.32 Å². The summed E-state index contributed by atoms with van der Waals surface area (Å²) in [7, 11) is 0. The summed E-state index contributed by atoms with van der Waals surface area (Å²) in [5.74, 6) is 1.46. The van der Waals surface area contributed by atoms with E-state index in [1.165, 1.54) is 5.56 Å². The van der Waals surface area contributed by atoms with Gasteiger partial charge in [0.15, 0.2) is 5.82 Å². The fraction of sp³-hybridized carbons (Fsp3) is 0.643. The molecule has 2 heterocycles. The zero-order valence-electron chi connectivity index (χ0n) is 12.5. The van der Waals surface area contributed by atoms with E-state index in [1.54, 1.807) is 0 Å². The zero-order chi connectivity index (χ0) is 14.4. The molecule has 20 heavy (non-hydrogen) atoms. The summed E-state index contributed by atoms with van der Waals surface area (Å²) in [5.41, 5.74) is 1.18. The van der Waals surface area contributed by atoms with Crippen molar-refractivity contribution in [2.24, 2.45) is 0 Å². The molecule has 0 saturated carbocycles. The van der Waals surface area contributed by atoms with E-state index in [4.69, 9.17) is 4.52 Å². The van der Waals surface area contributed by atoms with E-state index in [2.05, 4.69) is 27.5 Å². The molecule has 0 amide bonds. The SMILES string of the molecule is CCCCc1noc(C(C)NCCn2cc(C)cn2)n1. The van der Waals surface area contributed by atoms with Crippen LogP contribution in [0, 0.1) is 6.92 Å². The molecule has 0 bridgehead atoms. The van der Waals surface area contributed by atoms with Crippen LogP contribution in [0.2, 0.25) is 0 Å². The molecule has 0 spiro atoms. The van der Waals surface area contributed by atoms with Crippen molar-refractivity contribution in [3.8, 4) is 0 Å². The first-order valence-corrected chi connectivity index (χ1v) is 7.24. The monoisotopic (exact) mass is 277 g/mol. The fourth-order valence-electron chi connectivity index (χ4n) is 1.95. The fourth-order valence-corrected chi connectivity index (χ4v) is 1.95. The molecule has 1 N–H and O–H groups in total. The van der Waals surface area contributed by atoms with Crippen LogP contribution >= 0.6 is 0 Å². The van der Waals surface area contributed by atoms with Gasteiger partial charge in [-0.3, -0.25) is 4.68 Å². The van der Waals surface area contributed by atoms with Crippen molar-refractivity contribution in [3.63, 3.8) is 0 Å². The quantitative estimate of drug-likeness (QED) is 0.801. The van der Waals surface area contributed by atoms with E-state index >= 15 is 0 Å². The number of nitrogens with zero attached hydrogens (tertiary/aromatic N) is 4. The molecule has 0 aromatic carbocycles. The Labute approximate surface area is 119 Å². The molecule has 1 unspecified atom stereocenters. The summed E-state index contributed by atoms with van der Waals surface area (Å²) < 4.78 is 7.21. The largest absolute Gasteiger partial charge is 0.338 e. The molecule has 2 aromatic rings. The first-order chi connectivity index (χ1) is 9.69. The molecule has 2 rings (SSSR count). The molecule has 0 radical (unpaired) electrons. The topological polar surface area (TPSA) is 68.8 Å². The minimum absolute atomic E-state index is 0.0644. The van der Waals surface area contributed by atoms with Crippen LogP contribution in [0.1, 0.15) is 50.0 Å². The highest BCUT2D eigenvalue weighted by Crippen LogP contribution is 2.10. The standard InChI is InChI=1S/C14H23N5O/c1-4-5-6-13-17-14(20-18-13)12(3)15-7-8-19-10-11(2)9-16-19/h9-10,12,15H,4-8H2,1-3H3. The van der Waals surface area contributed by atoms with Crippen molar-refractivity contribution in [1.82, 2.24) is 25.2 Å². The second-order valence-corrected chi connectivity index (χ2v) is 5.11. The first-order valence-electron chi connectivity index (χ1n) is 7.24. The second-order valence-electron chi connectivity index (χ2n) is 5.11. The summed E-state index contributed by atoms with van der Waals surface area (Å²) in [6.07, 6.45) is 7.02. The van der Waals surface area contributed by atoms with Crippen LogP contribution in [-0.2, 0) is 13.0 Å². The molecular formula is C14H23N5O. The van der Waals surface area contributed by atoms with E-state index in [0.717, 1.165) is 38.2 Å². The molecule has 0 aliphatic rings. The number of hydrogen-bond acceptors (Lipinski definition) is 5.